The molecule has 2 rings (SSSR count). The molecule has 3 unspecified atom stereocenters. The molecular weight excluding hydrogens is 244 g/mol. The van der Waals surface area contributed by atoms with Crippen LogP contribution in [0.15, 0.2) is 35.5 Å². The molecule has 104 valence electrons. The van der Waals surface area contributed by atoms with Crippen LogP contribution in [0.5, 0.6) is 0 Å². The second kappa shape index (κ2) is 5.72. The van der Waals surface area contributed by atoms with Crippen LogP contribution in [0.25, 0.3) is 0 Å². The number of carbonyl (C=O) groups excluding carboxylic acids is 1. The molecule has 0 spiro atoms. The molecule has 1 aliphatic heterocycles. The smallest absolute Gasteiger partial charge is 0.334 e. The molecule has 0 aromatic heterocycles. The summed E-state index contributed by atoms with van der Waals surface area (Å²) in [5.74, 6) is -0.868. The van der Waals surface area contributed by atoms with E-state index < -0.39 is 24.1 Å². The lowest BCUT2D eigenvalue weighted by Gasteiger charge is -2.23. The number of allylic oxidation sites excluding steroid dienone is 2. The Morgan fingerprint density at radius 3 is 2.95 bits per heavy atom. The third kappa shape index (κ3) is 2.96. The molecule has 2 N–H and O–H groups in total. The van der Waals surface area contributed by atoms with Gasteiger partial charge in [-0.25, -0.2) is 4.79 Å². The molecule has 1 saturated heterocycles. The molecule has 3 atom stereocenters. The maximum atomic E-state index is 11.6. The van der Waals surface area contributed by atoms with Gasteiger partial charge < -0.3 is 14.9 Å². The summed E-state index contributed by atoms with van der Waals surface area (Å²) >= 11 is 0. The Bertz CT molecular complexity index is 447. The van der Waals surface area contributed by atoms with Crippen LogP contribution < -0.4 is 0 Å². The minimum Gasteiger partial charge on any atom is -0.458 e. The molecule has 0 aromatic rings. The maximum absolute atomic E-state index is 11.6. The van der Waals surface area contributed by atoms with E-state index in [1.807, 2.05) is 13.0 Å². The van der Waals surface area contributed by atoms with E-state index in [-0.39, 0.29) is 6.61 Å². The van der Waals surface area contributed by atoms with Crippen LogP contribution >= 0.6 is 0 Å². The predicted molar refractivity (Wildman–Crippen MR) is 71.3 cm³/mol. The number of hydrogen-bond donors (Lipinski definition) is 2. The number of esters is 1. The van der Waals surface area contributed by atoms with Gasteiger partial charge in [-0.15, -0.1) is 0 Å². The van der Waals surface area contributed by atoms with Gasteiger partial charge in [0.2, 0.25) is 0 Å². The molecule has 0 bridgehead atoms. The van der Waals surface area contributed by atoms with Crippen molar-refractivity contribution in [3.63, 3.8) is 0 Å². The zero-order valence-corrected chi connectivity index (χ0v) is 11.1. The fourth-order valence-corrected chi connectivity index (χ4v) is 2.69. The average molecular weight is 264 g/mol. The van der Waals surface area contributed by atoms with Crippen molar-refractivity contribution in [3.8, 4) is 0 Å². The van der Waals surface area contributed by atoms with Crippen LogP contribution in [0.2, 0.25) is 0 Å². The van der Waals surface area contributed by atoms with Crippen LogP contribution in [0.1, 0.15) is 26.2 Å². The highest BCUT2D eigenvalue weighted by atomic mass is 16.6. The third-order valence-electron chi connectivity index (χ3n) is 3.78. The number of aliphatic hydroxyl groups excluding tert-OH is 2. The molecule has 4 heteroatoms. The van der Waals surface area contributed by atoms with Crippen LogP contribution in [0.4, 0.5) is 0 Å². The molecule has 0 aromatic carbocycles. The molecule has 0 amide bonds. The summed E-state index contributed by atoms with van der Waals surface area (Å²) in [5.41, 5.74) is 2.23. The van der Waals surface area contributed by atoms with Gasteiger partial charge in [-0.3, -0.25) is 0 Å². The van der Waals surface area contributed by atoms with Crippen molar-refractivity contribution >= 4 is 5.97 Å². The Morgan fingerprint density at radius 1 is 1.53 bits per heavy atom. The highest BCUT2D eigenvalue weighted by Crippen LogP contribution is 2.34. The molecule has 0 radical (unpaired) electrons. The largest absolute Gasteiger partial charge is 0.458 e. The van der Waals surface area contributed by atoms with Crippen molar-refractivity contribution in [1.82, 2.24) is 0 Å². The first-order chi connectivity index (χ1) is 9.02. The van der Waals surface area contributed by atoms with Gasteiger partial charge in [-0.05, 0) is 25.3 Å². The number of rotatable bonds is 1. The summed E-state index contributed by atoms with van der Waals surface area (Å²) in [7, 11) is 0. The summed E-state index contributed by atoms with van der Waals surface area (Å²) < 4.78 is 5.27. The van der Waals surface area contributed by atoms with Gasteiger partial charge in [0.1, 0.15) is 6.10 Å². The highest BCUT2D eigenvalue weighted by Gasteiger charge is 2.42. The van der Waals surface area contributed by atoms with Gasteiger partial charge in [-0.1, -0.05) is 24.3 Å². The molecule has 1 aliphatic carbocycles. The third-order valence-corrected chi connectivity index (χ3v) is 3.78. The summed E-state index contributed by atoms with van der Waals surface area (Å²) in [6.07, 6.45) is 4.67. The van der Waals surface area contributed by atoms with E-state index in [2.05, 4.69) is 6.58 Å². The quantitative estimate of drug-likeness (QED) is 0.428. The maximum Gasteiger partial charge on any atom is 0.334 e. The first-order valence-electron chi connectivity index (χ1n) is 6.57. The summed E-state index contributed by atoms with van der Waals surface area (Å²) in [6, 6.07) is 0. The average Bonchev–Trinajstić information content (AvgIpc) is 2.63. The van der Waals surface area contributed by atoms with Gasteiger partial charge >= 0.3 is 5.97 Å². The van der Waals surface area contributed by atoms with Gasteiger partial charge in [0.15, 0.2) is 0 Å². The Kier molecular flexibility index (Phi) is 4.22. The lowest BCUT2D eigenvalue weighted by molar-refractivity contribution is -0.139. The first kappa shape index (κ1) is 14.0. The Morgan fingerprint density at radius 2 is 2.26 bits per heavy atom. The number of aliphatic hydroxyl groups is 2. The van der Waals surface area contributed by atoms with E-state index in [0.717, 1.165) is 24.0 Å². The molecular formula is C15H20O4. The van der Waals surface area contributed by atoms with E-state index in [1.165, 1.54) is 0 Å². The van der Waals surface area contributed by atoms with E-state index >= 15 is 0 Å². The SMILES string of the molecule is C=C1C(=O)OC2CC(CO)=CCCC(C)=CC(O)C12. The summed E-state index contributed by atoms with van der Waals surface area (Å²) in [4.78, 5) is 11.6. The Balaban J connectivity index is 2.33. The molecule has 19 heavy (non-hydrogen) atoms. The zero-order valence-electron chi connectivity index (χ0n) is 11.1. The van der Waals surface area contributed by atoms with Crippen LogP contribution in [-0.4, -0.2) is 35.0 Å². The molecule has 2 aliphatic rings. The van der Waals surface area contributed by atoms with Crippen molar-refractivity contribution in [1.29, 1.82) is 0 Å². The van der Waals surface area contributed by atoms with E-state index in [9.17, 15) is 15.0 Å². The second-order valence-electron chi connectivity index (χ2n) is 5.26. The normalized spacial score (nSPS) is 32.3. The van der Waals surface area contributed by atoms with E-state index in [4.69, 9.17) is 4.74 Å². The van der Waals surface area contributed by atoms with Crippen LogP contribution in [0, 0.1) is 5.92 Å². The molecule has 4 nitrogen and oxygen atoms in total. The second-order valence-corrected chi connectivity index (χ2v) is 5.26. The van der Waals surface area contributed by atoms with Gasteiger partial charge in [-0.2, -0.15) is 0 Å². The Hall–Kier alpha value is -1.39. The van der Waals surface area contributed by atoms with Crippen molar-refractivity contribution < 1.29 is 19.7 Å². The van der Waals surface area contributed by atoms with Gasteiger partial charge in [0.05, 0.1) is 18.6 Å². The minimum absolute atomic E-state index is 0.0495. The predicted octanol–water partition coefficient (Wildman–Crippen LogP) is 1.49. The number of fused-ring (bicyclic) bond motifs is 1. The summed E-state index contributed by atoms with van der Waals surface area (Å²) in [6.45, 7) is 5.63. The molecule has 1 fully saturated rings. The number of carbonyl (C=O) groups is 1. The van der Waals surface area contributed by atoms with Crippen molar-refractivity contribution in [2.75, 3.05) is 6.61 Å². The lowest BCUT2D eigenvalue weighted by Crippen LogP contribution is -2.29. The fourth-order valence-electron chi connectivity index (χ4n) is 2.69. The summed E-state index contributed by atoms with van der Waals surface area (Å²) in [5, 5.41) is 19.6. The van der Waals surface area contributed by atoms with E-state index in [0.29, 0.717) is 12.0 Å². The zero-order chi connectivity index (χ0) is 14.0. The monoisotopic (exact) mass is 264 g/mol. The van der Waals surface area contributed by atoms with E-state index in [1.54, 1.807) is 6.08 Å². The molecule has 0 saturated carbocycles. The van der Waals surface area contributed by atoms with Crippen molar-refractivity contribution in [2.45, 2.75) is 38.4 Å². The van der Waals surface area contributed by atoms with Crippen molar-refractivity contribution in [3.05, 3.63) is 35.5 Å². The first-order valence-corrected chi connectivity index (χ1v) is 6.57. The number of ether oxygens (including phenoxy) is 1. The number of hydrogen-bond acceptors (Lipinski definition) is 4. The van der Waals surface area contributed by atoms with Crippen molar-refractivity contribution in [2.24, 2.45) is 5.92 Å². The fraction of sp³-hybridized carbons (Fsp3) is 0.533. The van der Waals surface area contributed by atoms with Crippen LogP contribution in [-0.2, 0) is 9.53 Å². The van der Waals surface area contributed by atoms with Gasteiger partial charge in [0, 0.05) is 12.0 Å². The minimum atomic E-state index is -0.762. The Labute approximate surface area is 113 Å². The highest BCUT2D eigenvalue weighted by molar-refractivity contribution is 5.91. The van der Waals surface area contributed by atoms with Crippen LogP contribution in [0.3, 0.4) is 0 Å². The lowest BCUT2D eigenvalue weighted by atomic mass is 9.86. The molecule has 1 heterocycles. The standard InChI is InChI=1S/C15H20O4/c1-9-4-3-5-11(8-16)7-13-14(12(17)6-9)10(2)15(18)19-13/h5-6,12-14,16-17H,2-4,7-8H2,1H3. The van der Waals surface area contributed by atoms with Gasteiger partial charge in [0.25, 0.3) is 0 Å². The topological polar surface area (TPSA) is 66.8 Å².